The third-order valence-corrected chi connectivity index (χ3v) is 5.14. The molecule has 1 aromatic carbocycles. The van der Waals surface area contributed by atoms with Gasteiger partial charge < -0.3 is 5.32 Å². The van der Waals surface area contributed by atoms with Gasteiger partial charge in [0.05, 0.1) is 0 Å². The van der Waals surface area contributed by atoms with Crippen LogP contribution in [0.4, 0.5) is 5.82 Å². The SMILES string of the molecule is CNc1ccc(S(=O)(=O)N(C)Cc2ccccc2C)cn1. The van der Waals surface area contributed by atoms with Crippen LogP contribution < -0.4 is 5.32 Å². The van der Waals surface area contributed by atoms with Crippen LogP contribution in [0.15, 0.2) is 47.5 Å². The van der Waals surface area contributed by atoms with E-state index in [1.54, 1.807) is 26.2 Å². The molecular formula is C15H19N3O2S. The van der Waals surface area contributed by atoms with E-state index in [1.807, 2.05) is 31.2 Å². The summed E-state index contributed by atoms with van der Waals surface area (Å²) < 4.78 is 26.4. The third kappa shape index (κ3) is 3.40. The standard InChI is InChI=1S/C15H19N3O2S/c1-12-6-4-5-7-13(12)11-18(3)21(19,20)14-8-9-15(16-2)17-10-14/h4-10H,11H2,1-3H3,(H,16,17). The van der Waals surface area contributed by atoms with E-state index in [4.69, 9.17) is 0 Å². The van der Waals surface area contributed by atoms with Gasteiger partial charge in [-0.3, -0.25) is 0 Å². The molecule has 0 atom stereocenters. The Hall–Kier alpha value is -1.92. The first-order valence-electron chi connectivity index (χ1n) is 6.60. The van der Waals surface area contributed by atoms with Gasteiger partial charge in [-0.15, -0.1) is 0 Å². The lowest BCUT2D eigenvalue weighted by Gasteiger charge is -2.18. The molecule has 2 rings (SSSR count). The number of sulfonamides is 1. The highest BCUT2D eigenvalue weighted by Crippen LogP contribution is 2.18. The summed E-state index contributed by atoms with van der Waals surface area (Å²) in [6.45, 7) is 2.31. The van der Waals surface area contributed by atoms with Gasteiger partial charge in [0.25, 0.3) is 0 Å². The molecule has 1 N–H and O–H groups in total. The van der Waals surface area contributed by atoms with E-state index in [-0.39, 0.29) is 4.90 Å². The molecule has 0 saturated heterocycles. The summed E-state index contributed by atoms with van der Waals surface area (Å²) >= 11 is 0. The van der Waals surface area contributed by atoms with Gasteiger partial charge in [0.1, 0.15) is 10.7 Å². The van der Waals surface area contributed by atoms with E-state index in [0.29, 0.717) is 12.4 Å². The van der Waals surface area contributed by atoms with Crippen LogP contribution in [0, 0.1) is 6.92 Å². The van der Waals surface area contributed by atoms with Crippen LogP contribution in [0.25, 0.3) is 0 Å². The Bertz CT molecular complexity index is 712. The van der Waals surface area contributed by atoms with Gasteiger partial charge in [-0.05, 0) is 30.2 Å². The van der Waals surface area contributed by atoms with Crippen molar-refractivity contribution in [2.24, 2.45) is 0 Å². The van der Waals surface area contributed by atoms with Crippen molar-refractivity contribution in [1.29, 1.82) is 0 Å². The molecular weight excluding hydrogens is 286 g/mol. The fourth-order valence-corrected chi connectivity index (χ4v) is 3.07. The number of hydrogen-bond donors (Lipinski definition) is 1. The van der Waals surface area contributed by atoms with Gasteiger partial charge in [0, 0.05) is 26.8 Å². The molecule has 1 aromatic heterocycles. The fraction of sp³-hybridized carbons (Fsp3) is 0.267. The summed E-state index contributed by atoms with van der Waals surface area (Å²) in [6, 6.07) is 11.0. The molecule has 0 aliphatic carbocycles. The summed E-state index contributed by atoms with van der Waals surface area (Å²) in [6.07, 6.45) is 1.37. The number of aryl methyl sites for hydroxylation is 1. The number of benzene rings is 1. The molecule has 0 radical (unpaired) electrons. The smallest absolute Gasteiger partial charge is 0.244 e. The Morgan fingerprint density at radius 3 is 2.48 bits per heavy atom. The first-order chi connectivity index (χ1) is 9.95. The average Bonchev–Trinajstić information content (AvgIpc) is 2.49. The number of pyridine rings is 1. The van der Waals surface area contributed by atoms with E-state index in [9.17, 15) is 8.42 Å². The topological polar surface area (TPSA) is 62.3 Å². The zero-order valence-electron chi connectivity index (χ0n) is 12.4. The van der Waals surface area contributed by atoms with Crippen LogP contribution in [-0.2, 0) is 16.6 Å². The summed E-state index contributed by atoms with van der Waals surface area (Å²) in [5.41, 5.74) is 2.06. The van der Waals surface area contributed by atoms with Crippen LogP contribution in [-0.4, -0.2) is 31.8 Å². The third-order valence-electron chi connectivity index (χ3n) is 3.35. The molecule has 0 spiro atoms. The summed E-state index contributed by atoms with van der Waals surface area (Å²) in [4.78, 5) is 4.25. The maximum absolute atomic E-state index is 12.5. The van der Waals surface area contributed by atoms with E-state index < -0.39 is 10.0 Å². The maximum Gasteiger partial charge on any atom is 0.244 e. The minimum Gasteiger partial charge on any atom is -0.373 e. The van der Waals surface area contributed by atoms with Crippen molar-refractivity contribution in [2.45, 2.75) is 18.4 Å². The van der Waals surface area contributed by atoms with Crippen molar-refractivity contribution >= 4 is 15.8 Å². The van der Waals surface area contributed by atoms with Crippen LogP contribution in [0.3, 0.4) is 0 Å². The van der Waals surface area contributed by atoms with E-state index in [1.165, 1.54) is 10.5 Å². The van der Waals surface area contributed by atoms with Crippen molar-refractivity contribution in [2.75, 3.05) is 19.4 Å². The second-order valence-electron chi connectivity index (χ2n) is 4.82. The van der Waals surface area contributed by atoms with E-state index in [0.717, 1.165) is 11.1 Å². The van der Waals surface area contributed by atoms with Gasteiger partial charge in [-0.2, -0.15) is 4.31 Å². The van der Waals surface area contributed by atoms with Crippen molar-refractivity contribution in [3.8, 4) is 0 Å². The Labute approximate surface area is 125 Å². The van der Waals surface area contributed by atoms with Gasteiger partial charge >= 0.3 is 0 Å². The quantitative estimate of drug-likeness (QED) is 0.920. The maximum atomic E-state index is 12.5. The minimum absolute atomic E-state index is 0.192. The second kappa shape index (κ2) is 6.24. The lowest BCUT2D eigenvalue weighted by atomic mass is 10.1. The normalized spacial score (nSPS) is 11.6. The molecule has 0 bridgehead atoms. The molecule has 1 heterocycles. The number of anilines is 1. The Balaban J connectivity index is 2.24. The molecule has 0 aliphatic heterocycles. The molecule has 2 aromatic rings. The second-order valence-corrected chi connectivity index (χ2v) is 6.86. The minimum atomic E-state index is -3.54. The fourth-order valence-electron chi connectivity index (χ4n) is 1.97. The number of aromatic nitrogens is 1. The zero-order valence-corrected chi connectivity index (χ0v) is 13.2. The Morgan fingerprint density at radius 2 is 1.90 bits per heavy atom. The monoisotopic (exact) mass is 305 g/mol. The predicted molar refractivity (Wildman–Crippen MR) is 83.6 cm³/mol. The van der Waals surface area contributed by atoms with Crippen molar-refractivity contribution in [3.63, 3.8) is 0 Å². The highest BCUT2D eigenvalue weighted by atomic mass is 32.2. The van der Waals surface area contributed by atoms with Crippen LogP contribution in [0.1, 0.15) is 11.1 Å². The molecule has 5 nitrogen and oxygen atoms in total. The Morgan fingerprint density at radius 1 is 1.19 bits per heavy atom. The average molecular weight is 305 g/mol. The molecule has 0 unspecified atom stereocenters. The molecule has 0 aliphatic rings. The van der Waals surface area contributed by atoms with Gasteiger partial charge in [-0.25, -0.2) is 13.4 Å². The van der Waals surface area contributed by atoms with Crippen LogP contribution in [0.2, 0.25) is 0 Å². The number of nitrogens with zero attached hydrogens (tertiary/aromatic N) is 2. The molecule has 0 saturated carbocycles. The molecule has 21 heavy (non-hydrogen) atoms. The summed E-state index contributed by atoms with van der Waals surface area (Å²) in [5, 5.41) is 2.86. The van der Waals surface area contributed by atoms with Gasteiger partial charge in [0.2, 0.25) is 10.0 Å². The van der Waals surface area contributed by atoms with Crippen LogP contribution >= 0.6 is 0 Å². The largest absolute Gasteiger partial charge is 0.373 e. The van der Waals surface area contributed by atoms with Crippen LogP contribution in [0.5, 0.6) is 0 Å². The van der Waals surface area contributed by atoms with Gasteiger partial charge in [0.15, 0.2) is 0 Å². The summed E-state index contributed by atoms with van der Waals surface area (Å²) in [5.74, 6) is 0.635. The Kier molecular flexibility index (Phi) is 4.59. The highest BCUT2D eigenvalue weighted by molar-refractivity contribution is 7.89. The number of nitrogens with one attached hydrogen (secondary N) is 1. The van der Waals surface area contributed by atoms with E-state index in [2.05, 4.69) is 10.3 Å². The predicted octanol–water partition coefficient (Wildman–Crippen LogP) is 2.25. The van der Waals surface area contributed by atoms with Crippen molar-refractivity contribution in [3.05, 3.63) is 53.7 Å². The zero-order chi connectivity index (χ0) is 15.5. The lowest BCUT2D eigenvalue weighted by Crippen LogP contribution is -2.27. The first-order valence-corrected chi connectivity index (χ1v) is 8.04. The molecule has 6 heteroatoms. The van der Waals surface area contributed by atoms with E-state index >= 15 is 0 Å². The molecule has 0 amide bonds. The number of rotatable bonds is 5. The summed E-state index contributed by atoms with van der Waals surface area (Å²) in [7, 11) is -0.222. The van der Waals surface area contributed by atoms with Gasteiger partial charge in [-0.1, -0.05) is 24.3 Å². The highest BCUT2D eigenvalue weighted by Gasteiger charge is 2.21. The lowest BCUT2D eigenvalue weighted by molar-refractivity contribution is 0.465. The van der Waals surface area contributed by atoms with Crippen molar-refractivity contribution < 1.29 is 8.42 Å². The molecule has 112 valence electrons. The van der Waals surface area contributed by atoms with Crippen molar-refractivity contribution in [1.82, 2.24) is 9.29 Å². The first kappa shape index (κ1) is 15.5. The number of hydrogen-bond acceptors (Lipinski definition) is 4. The molecule has 0 fully saturated rings.